The highest BCUT2D eigenvalue weighted by molar-refractivity contribution is 5.66. The van der Waals surface area contributed by atoms with Crippen LogP contribution in [0.25, 0.3) is 0 Å². The average molecular weight is 274 g/mol. The highest BCUT2D eigenvalue weighted by Crippen LogP contribution is 2.12. The Morgan fingerprint density at radius 1 is 0.889 bits per heavy atom. The maximum atomic E-state index is 10.5. The first-order valence-electron chi connectivity index (χ1n) is 14.4. The Morgan fingerprint density at radius 3 is 2.11 bits per heavy atom. The molecule has 2 nitrogen and oxygen atoms in total. The van der Waals surface area contributed by atoms with Crippen molar-refractivity contribution >= 4 is 5.97 Å². The van der Waals surface area contributed by atoms with Crippen molar-refractivity contribution in [1.29, 1.82) is 0 Å². The number of hydrogen-bond donors (Lipinski definition) is 1. The lowest BCUT2D eigenvalue weighted by molar-refractivity contribution is -0.137. The third kappa shape index (κ3) is 15.5. The standard InChI is InChI=1S/C16H32O2/c1-2-3-4-5-6-7-8-9-10-11-12-13-14-15-16(17)18/h2-15H2,1H3,(H,17,18)/i1D3,2D2,3D2,4D2,5D2,6D2,7D2,8D2. The summed E-state index contributed by atoms with van der Waals surface area (Å²) in [5.74, 6) is -0.970. The molecule has 0 aromatic rings. The van der Waals surface area contributed by atoms with E-state index in [0.717, 1.165) is 0 Å². The van der Waals surface area contributed by atoms with Crippen molar-refractivity contribution < 1.29 is 33.2 Å². The van der Waals surface area contributed by atoms with Crippen LogP contribution in [0, 0.1) is 0 Å². The molecule has 0 saturated heterocycles. The number of aliphatic carboxylic acids is 1. The van der Waals surface area contributed by atoms with Crippen LogP contribution in [-0.2, 0) is 4.79 Å². The first-order chi connectivity index (χ1) is 15.2. The van der Waals surface area contributed by atoms with Crippen molar-refractivity contribution in [2.24, 2.45) is 0 Å². The Balaban J connectivity index is 5.90. The van der Waals surface area contributed by atoms with Crippen LogP contribution < -0.4 is 0 Å². The van der Waals surface area contributed by atoms with Gasteiger partial charge >= 0.3 is 5.97 Å². The molecule has 0 amide bonds. The molecule has 0 saturated carbocycles. The number of unbranched alkanes of at least 4 members (excludes halogenated alkanes) is 4. The van der Waals surface area contributed by atoms with E-state index in [-0.39, 0.29) is 12.8 Å². The van der Waals surface area contributed by atoms with E-state index in [0.29, 0.717) is 25.7 Å². The van der Waals surface area contributed by atoms with E-state index in [4.69, 9.17) is 28.4 Å². The topological polar surface area (TPSA) is 37.3 Å². The smallest absolute Gasteiger partial charge is 0.303 e. The zero-order chi connectivity index (χ0) is 28.5. The predicted molar refractivity (Wildman–Crippen MR) is 77.9 cm³/mol. The molecule has 0 atom stereocenters. The zero-order valence-electron chi connectivity index (χ0n) is 27.3. The van der Waals surface area contributed by atoms with Gasteiger partial charge in [0.15, 0.2) is 0 Å². The van der Waals surface area contributed by atoms with E-state index in [2.05, 4.69) is 0 Å². The number of carboxylic acids is 1. The summed E-state index contributed by atoms with van der Waals surface area (Å²) in [7, 11) is 0. The maximum absolute atomic E-state index is 10.5. The Hall–Kier alpha value is -0.530. The predicted octanol–water partition coefficient (Wildman–Crippen LogP) is 5.55. The van der Waals surface area contributed by atoms with E-state index in [9.17, 15) is 4.79 Å². The second-order valence-corrected chi connectivity index (χ2v) is 3.59. The van der Waals surface area contributed by atoms with Gasteiger partial charge in [-0.2, -0.15) is 0 Å². The third-order valence-electron chi connectivity index (χ3n) is 2.09. The molecular weight excluding hydrogens is 224 g/mol. The van der Waals surface area contributed by atoms with Crippen LogP contribution in [0.3, 0.4) is 0 Å². The molecule has 0 rings (SSSR count). The minimum absolute atomic E-state index is 0.00792. The van der Waals surface area contributed by atoms with Crippen LogP contribution in [0.2, 0.25) is 0 Å². The van der Waals surface area contributed by atoms with Gasteiger partial charge in [0.1, 0.15) is 0 Å². The molecule has 0 aromatic heterocycles. The van der Waals surface area contributed by atoms with E-state index in [1.807, 2.05) is 0 Å². The lowest BCUT2D eigenvalue weighted by Crippen LogP contribution is -1.93. The van der Waals surface area contributed by atoms with Gasteiger partial charge in [-0.1, -0.05) is 83.6 Å². The summed E-state index contributed by atoms with van der Waals surface area (Å²) in [6.45, 7) is -3.79. The van der Waals surface area contributed by atoms with Gasteiger partial charge in [0.05, 0.1) is 0 Å². The molecule has 0 aliphatic rings. The highest BCUT2D eigenvalue weighted by Gasteiger charge is 1.96. The molecule has 1 N–H and O–H groups in total. The van der Waals surface area contributed by atoms with E-state index in [1.165, 1.54) is 0 Å². The number of hydrogen-bond acceptors (Lipinski definition) is 1. The zero-order valence-corrected chi connectivity index (χ0v) is 10.3. The summed E-state index contributed by atoms with van der Waals surface area (Å²) in [5.41, 5.74) is 0. The highest BCUT2D eigenvalue weighted by atomic mass is 16.4. The van der Waals surface area contributed by atoms with Crippen molar-refractivity contribution in [2.45, 2.75) is 96.4 Å². The summed E-state index contributed by atoms with van der Waals surface area (Å²) in [4.78, 5) is 10.5. The first kappa shape index (κ1) is 4.23. The fraction of sp³-hybridized carbons (Fsp3) is 0.938. The molecule has 18 heavy (non-hydrogen) atoms. The lowest BCUT2D eigenvalue weighted by atomic mass is 10.0. The summed E-state index contributed by atoms with van der Waals surface area (Å²) in [6, 6.07) is 0. The molecule has 0 aliphatic carbocycles. The minimum Gasteiger partial charge on any atom is -0.481 e. The third-order valence-corrected chi connectivity index (χ3v) is 2.09. The molecule has 0 aliphatic heterocycles. The van der Waals surface area contributed by atoms with Gasteiger partial charge in [0, 0.05) is 29.7 Å². The lowest BCUT2D eigenvalue weighted by Gasteiger charge is -2.02. The first-order valence-corrected chi connectivity index (χ1v) is 5.88. The van der Waals surface area contributed by atoms with E-state index in [1.54, 1.807) is 0 Å². The number of rotatable bonds is 14. The van der Waals surface area contributed by atoms with Gasteiger partial charge in [-0.15, -0.1) is 0 Å². The molecule has 0 unspecified atom stereocenters. The van der Waals surface area contributed by atoms with Gasteiger partial charge in [0.25, 0.3) is 0 Å². The fourth-order valence-electron chi connectivity index (χ4n) is 1.25. The van der Waals surface area contributed by atoms with Crippen LogP contribution in [0.4, 0.5) is 0 Å². The van der Waals surface area contributed by atoms with Crippen molar-refractivity contribution in [1.82, 2.24) is 0 Å². The Labute approximate surface area is 137 Å². The fourth-order valence-corrected chi connectivity index (χ4v) is 1.25. The molecule has 0 spiro atoms. The SMILES string of the molecule is [2H]C([2H])([2H])C([2H])([2H])C([2H])([2H])C([2H])([2H])C([2H])([2H])C([2H])([2H])C([2H])([2H])C([2H])([2H])CCCCCCCC(=O)O. The molecule has 0 bridgehead atoms. The van der Waals surface area contributed by atoms with Gasteiger partial charge in [-0.25, -0.2) is 0 Å². The molecule has 0 aromatic carbocycles. The van der Waals surface area contributed by atoms with Gasteiger partial charge < -0.3 is 5.11 Å². The van der Waals surface area contributed by atoms with Gasteiger partial charge in [0.2, 0.25) is 0 Å². The van der Waals surface area contributed by atoms with Crippen molar-refractivity contribution in [3.05, 3.63) is 0 Å². The van der Waals surface area contributed by atoms with Crippen molar-refractivity contribution in [3.63, 3.8) is 0 Å². The second kappa shape index (κ2) is 14.5. The quantitative estimate of drug-likeness (QED) is 0.421. The number of carbonyl (C=O) groups is 1. The van der Waals surface area contributed by atoms with Crippen molar-refractivity contribution in [2.75, 3.05) is 0 Å². The molecule has 0 heterocycles. The van der Waals surface area contributed by atoms with E-state index >= 15 is 0 Å². The second-order valence-electron chi connectivity index (χ2n) is 3.59. The van der Waals surface area contributed by atoms with Crippen LogP contribution in [0.15, 0.2) is 0 Å². The molecule has 0 fully saturated rings. The van der Waals surface area contributed by atoms with Gasteiger partial charge in [-0.05, 0) is 6.42 Å². The molecule has 108 valence electrons. The summed E-state index contributed by atoms with van der Waals surface area (Å²) in [5, 5.41) is 8.59. The summed E-state index contributed by atoms with van der Waals surface area (Å²) in [6.07, 6.45) is -26.6. The van der Waals surface area contributed by atoms with Crippen LogP contribution in [0.1, 0.15) is 120 Å². The Bertz CT molecular complexity index is 726. The van der Waals surface area contributed by atoms with Crippen LogP contribution in [0.5, 0.6) is 0 Å². The summed E-state index contributed by atoms with van der Waals surface area (Å²) < 4.78 is 132. The molecular formula is C16H32O2. The summed E-state index contributed by atoms with van der Waals surface area (Å²) >= 11 is 0. The Kier molecular flexibility index (Phi) is 3.41. The molecule has 2 heteroatoms. The maximum Gasteiger partial charge on any atom is 0.303 e. The molecule has 0 radical (unpaired) electrons. The Morgan fingerprint density at radius 2 is 1.44 bits per heavy atom. The van der Waals surface area contributed by atoms with E-state index < -0.39 is 63.9 Å². The van der Waals surface area contributed by atoms with Gasteiger partial charge in [-0.3, -0.25) is 4.79 Å². The monoisotopic (exact) mass is 273 g/mol. The number of carboxylic acid groups (broad SMARTS) is 1. The normalized spacial score (nSPS) is 31.0. The minimum atomic E-state index is -4.27. The largest absolute Gasteiger partial charge is 0.481 e. The average Bonchev–Trinajstić information content (AvgIpc) is 2.64. The van der Waals surface area contributed by atoms with Crippen LogP contribution in [-0.4, -0.2) is 11.1 Å². The van der Waals surface area contributed by atoms with Crippen molar-refractivity contribution in [3.8, 4) is 0 Å². The van der Waals surface area contributed by atoms with Crippen LogP contribution >= 0.6 is 0 Å².